The first kappa shape index (κ1) is 16.6. The Morgan fingerprint density at radius 3 is 3.00 bits per heavy atom. The van der Waals surface area contributed by atoms with Crippen LogP contribution in [-0.2, 0) is 6.42 Å². The summed E-state index contributed by atoms with van der Waals surface area (Å²) in [7, 11) is 1.49. The van der Waals surface area contributed by atoms with Gasteiger partial charge in [0.05, 0.1) is 25.4 Å². The number of benzene rings is 2. The van der Waals surface area contributed by atoms with Crippen molar-refractivity contribution in [3.05, 3.63) is 58.1 Å². The molecule has 2 aromatic rings. The maximum Gasteiger partial charge on any atom is 0.255 e. The van der Waals surface area contributed by atoms with Crippen LogP contribution in [0.4, 0.5) is 0 Å². The highest BCUT2D eigenvalue weighted by atomic mass is 35.5. The molecule has 0 fully saturated rings. The Kier molecular flexibility index (Phi) is 4.92. The molecule has 1 atom stereocenters. The molecule has 2 aromatic carbocycles. The van der Waals surface area contributed by atoms with Gasteiger partial charge >= 0.3 is 0 Å². The third kappa shape index (κ3) is 3.47. The van der Waals surface area contributed by atoms with Gasteiger partial charge in [-0.1, -0.05) is 17.7 Å². The Labute approximate surface area is 145 Å². The van der Waals surface area contributed by atoms with Crippen LogP contribution in [-0.4, -0.2) is 31.3 Å². The molecule has 0 aromatic heterocycles. The molecule has 1 aliphatic rings. The SMILES string of the molecule is COc1ccc(Cl)cc1C(=O)NCC(O)c1ccc2c(c1)CCO2. The van der Waals surface area contributed by atoms with E-state index in [0.29, 0.717) is 22.9 Å². The van der Waals surface area contributed by atoms with Gasteiger partial charge < -0.3 is 19.9 Å². The largest absolute Gasteiger partial charge is 0.496 e. The third-order valence-corrected chi connectivity index (χ3v) is 4.20. The normalized spacial score (nSPS) is 13.8. The number of fused-ring (bicyclic) bond motifs is 1. The van der Waals surface area contributed by atoms with Crippen LogP contribution in [0.25, 0.3) is 0 Å². The van der Waals surface area contributed by atoms with E-state index in [2.05, 4.69) is 5.32 Å². The lowest BCUT2D eigenvalue weighted by Crippen LogP contribution is -2.28. The van der Waals surface area contributed by atoms with Crippen molar-refractivity contribution < 1.29 is 19.4 Å². The molecule has 2 N–H and O–H groups in total. The Hall–Kier alpha value is -2.24. The second-order valence-electron chi connectivity index (χ2n) is 5.54. The van der Waals surface area contributed by atoms with Gasteiger partial charge in [0.2, 0.25) is 0 Å². The third-order valence-electron chi connectivity index (χ3n) is 3.96. The van der Waals surface area contributed by atoms with E-state index in [-0.39, 0.29) is 12.5 Å². The lowest BCUT2D eigenvalue weighted by Gasteiger charge is -2.14. The lowest BCUT2D eigenvalue weighted by atomic mass is 10.0. The van der Waals surface area contributed by atoms with Crippen LogP contribution in [0.2, 0.25) is 5.02 Å². The van der Waals surface area contributed by atoms with E-state index in [9.17, 15) is 9.90 Å². The molecule has 1 aliphatic heterocycles. The number of nitrogens with one attached hydrogen (secondary N) is 1. The summed E-state index contributed by atoms with van der Waals surface area (Å²) in [6.07, 6.45) is 0.0344. The first-order valence-electron chi connectivity index (χ1n) is 7.64. The molecule has 1 heterocycles. The molecule has 0 saturated heterocycles. The molecule has 126 valence electrons. The summed E-state index contributed by atoms with van der Waals surface area (Å²) >= 11 is 5.93. The fraction of sp³-hybridized carbons (Fsp3) is 0.278. The van der Waals surface area contributed by atoms with Crippen molar-refractivity contribution in [1.82, 2.24) is 5.32 Å². The maximum atomic E-state index is 12.3. The van der Waals surface area contributed by atoms with Gasteiger partial charge in [0.1, 0.15) is 11.5 Å². The Balaban J connectivity index is 1.67. The predicted molar refractivity (Wildman–Crippen MR) is 90.9 cm³/mol. The van der Waals surface area contributed by atoms with Gasteiger partial charge in [-0.2, -0.15) is 0 Å². The van der Waals surface area contributed by atoms with Crippen LogP contribution in [0, 0.1) is 0 Å². The molecule has 0 aliphatic carbocycles. The number of methoxy groups -OCH3 is 1. The molecule has 1 unspecified atom stereocenters. The number of carbonyl (C=O) groups excluding carboxylic acids is 1. The van der Waals surface area contributed by atoms with Gasteiger partial charge in [-0.05, 0) is 41.5 Å². The molecule has 0 radical (unpaired) electrons. The summed E-state index contributed by atoms with van der Waals surface area (Å²) in [6.45, 7) is 0.758. The van der Waals surface area contributed by atoms with Crippen LogP contribution in [0.1, 0.15) is 27.6 Å². The van der Waals surface area contributed by atoms with Gasteiger partial charge in [0.15, 0.2) is 0 Å². The number of hydrogen-bond acceptors (Lipinski definition) is 4. The van der Waals surface area contributed by atoms with E-state index >= 15 is 0 Å². The molecule has 1 amide bonds. The molecule has 5 nitrogen and oxygen atoms in total. The van der Waals surface area contributed by atoms with Gasteiger partial charge in [0, 0.05) is 18.0 Å². The summed E-state index contributed by atoms with van der Waals surface area (Å²) < 4.78 is 10.6. The second-order valence-corrected chi connectivity index (χ2v) is 5.97. The Morgan fingerprint density at radius 2 is 2.21 bits per heavy atom. The monoisotopic (exact) mass is 347 g/mol. The topological polar surface area (TPSA) is 67.8 Å². The summed E-state index contributed by atoms with van der Waals surface area (Å²) in [5.74, 6) is 0.942. The van der Waals surface area contributed by atoms with E-state index in [1.807, 2.05) is 12.1 Å². The standard InChI is InChI=1S/C18H18ClNO4/c1-23-17-5-3-13(19)9-14(17)18(22)20-10-15(21)11-2-4-16-12(8-11)6-7-24-16/h2-5,8-9,15,21H,6-7,10H2,1H3,(H,20,22). The highest BCUT2D eigenvalue weighted by molar-refractivity contribution is 6.31. The maximum absolute atomic E-state index is 12.3. The van der Waals surface area contributed by atoms with E-state index in [1.165, 1.54) is 13.2 Å². The van der Waals surface area contributed by atoms with Crippen molar-refractivity contribution in [2.75, 3.05) is 20.3 Å². The van der Waals surface area contributed by atoms with Gasteiger partial charge in [-0.15, -0.1) is 0 Å². The highest BCUT2D eigenvalue weighted by Gasteiger charge is 2.18. The van der Waals surface area contributed by atoms with Crippen molar-refractivity contribution >= 4 is 17.5 Å². The number of amides is 1. The van der Waals surface area contributed by atoms with E-state index in [1.54, 1.807) is 18.2 Å². The van der Waals surface area contributed by atoms with E-state index in [0.717, 1.165) is 23.3 Å². The number of aliphatic hydroxyl groups excluding tert-OH is 1. The number of hydrogen-bond donors (Lipinski definition) is 2. The highest BCUT2D eigenvalue weighted by Crippen LogP contribution is 2.28. The smallest absolute Gasteiger partial charge is 0.255 e. The van der Waals surface area contributed by atoms with Crippen LogP contribution in [0.5, 0.6) is 11.5 Å². The van der Waals surface area contributed by atoms with Gasteiger partial charge in [-0.3, -0.25) is 4.79 Å². The van der Waals surface area contributed by atoms with Crippen molar-refractivity contribution in [2.24, 2.45) is 0 Å². The number of rotatable bonds is 5. The average Bonchev–Trinajstić information content (AvgIpc) is 3.06. The van der Waals surface area contributed by atoms with Crippen molar-refractivity contribution in [3.8, 4) is 11.5 Å². The van der Waals surface area contributed by atoms with Crippen LogP contribution < -0.4 is 14.8 Å². The summed E-state index contributed by atoms with van der Waals surface area (Å²) in [6, 6.07) is 10.4. The van der Waals surface area contributed by atoms with Crippen molar-refractivity contribution in [3.63, 3.8) is 0 Å². The van der Waals surface area contributed by atoms with Crippen LogP contribution >= 0.6 is 11.6 Å². The van der Waals surface area contributed by atoms with Crippen LogP contribution in [0.15, 0.2) is 36.4 Å². The minimum Gasteiger partial charge on any atom is -0.496 e. The fourth-order valence-corrected chi connectivity index (χ4v) is 2.85. The Morgan fingerprint density at radius 1 is 1.38 bits per heavy atom. The summed E-state index contributed by atoms with van der Waals surface area (Å²) in [4.78, 5) is 12.3. The lowest BCUT2D eigenvalue weighted by molar-refractivity contribution is 0.0913. The fourth-order valence-electron chi connectivity index (χ4n) is 2.67. The van der Waals surface area contributed by atoms with Crippen LogP contribution in [0.3, 0.4) is 0 Å². The van der Waals surface area contributed by atoms with E-state index < -0.39 is 6.10 Å². The molecular weight excluding hydrogens is 330 g/mol. The molecule has 3 rings (SSSR count). The first-order chi connectivity index (χ1) is 11.6. The zero-order chi connectivity index (χ0) is 17.1. The molecule has 24 heavy (non-hydrogen) atoms. The number of halogens is 1. The van der Waals surface area contributed by atoms with Crippen molar-refractivity contribution in [1.29, 1.82) is 0 Å². The Bertz CT molecular complexity index is 763. The van der Waals surface area contributed by atoms with Gasteiger partial charge in [-0.25, -0.2) is 0 Å². The minimum absolute atomic E-state index is 0.0914. The second kappa shape index (κ2) is 7.11. The van der Waals surface area contributed by atoms with E-state index in [4.69, 9.17) is 21.1 Å². The zero-order valence-corrected chi connectivity index (χ0v) is 14.0. The van der Waals surface area contributed by atoms with Gasteiger partial charge in [0.25, 0.3) is 5.91 Å². The molecule has 0 saturated carbocycles. The molecule has 0 bridgehead atoms. The number of ether oxygens (including phenoxy) is 2. The average molecular weight is 348 g/mol. The zero-order valence-electron chi connectivity index (χ0n) is 13.2. The molecule has 6 heteroatoms. The minimum atomic E-state index is -0.801. The summed E-state index contributed by atoms with van der Waals surface area (Å²) in [5.41, 5.74) is 2.16. The summed E-state index contributed by atoms with van der Waals surface area (Å²) in [5, 5.41) is 13.5. The predicted octanol–water partition coefficient (Wildman–Crippen LogP) is 2.75. The van der Waals surface area contributed by atoms with Crippen molar-refractivity contribution in [2.45, 2.75) is 12.5 Å². The number of carbonyl (C=O) groups is 1. The number of aliphatic hydroxyl groups is 1. The first-order valence-corrected chi connectivity index (χ1v) is 8.01. The molecule has 0 spiro atoms. The molecular formula is C18H18ClNO4. The quantitative estimate of drug-likeness (QED) is 0.872.